The van der Waals surface area contributed by atoms with Gasteiger partial charge in [0.1, 0.15) is 10.7 Å². The van der Waals surface area contributed by atoms with Crippen molar-refractivity contribution >= 4 is 5.88 Å². The van der Waals surface area contributed by atoms with E-state index in [4.69, 9.17) is 4.42 Å². The Labute approximate surface area is 64.0 Å². The topological polar surface area (TPSA) is 56.3 Å². The fourth-order valence-corrected chi connectivity index (χ4v) is 0.845. The molecule has 1 rings (SSSR count). The van der Waals surface area contributed by atoms with Crippen LogP contribution in [0.25, 0.3) is 0 Å². The van der Waals surface area contributed by atoms with Gasteiger partial charge < -0.3 is 4.42 Å². The van der Waals surface area contributed by atoms with Gasteiger partial charge in [0, 0.05) is 6.42 Å². The van der Waals surface area contributed by atoms with Crippen molar-refractivity contribution in [3.63, 3.8) is 0 Å². The Balaban J connectivity index is 2.73. The molecule has 1 aromatic heterocycles. The Morgan fingerprint density at radius 1 is 1.64 bits per heavy atom. The molecule has 0 bridgehead atoms. The predicted octanol–water partition coefficient (Wildman–Crippen LogP) is 2.14. The zero-order chi connectivity index (χ0) is 8.27. The van der Waals surface area contributed by atoms with Gasteiger partial charge >= 0.3 is 5.88 Å². The van der Waals surface area contributed by atoms with E-state index >= 15 is 0 Å². The Morgan fingerprint density at radius 3 is 2.82 bits per heavy atom. The second-order valence-electron chi connectivity index (χ2n) is 2.25. The lowest BCUT2D eigenvalue weighted by atomic mass is 10.3. The predicted molar refractivity (Wildman–Crippen MR) is 39.4 cm³/mol. The van der Waals surface area contributed by atoms with E-state index in [0.29, 0.717) is 5.76 Å². The second kappa shape index (κ2) is 3.18. The van der Waals surface area contributed by atoms with Gasteiger partial charge in [0.05, 0.1) is 6.07 Å². The lowest BCUT2D eigenvalue weighted by Gasteiger charge is -1.87. The standard InChI is InChI=1S/C7H9NO3/c1-2-3-6-4-5-7(11-6)8(9)10/h4-5H,2-3H2,1H3. The van der Waals surface area contributed by atoms with Crippen molar-refractivity contribution in [3.05, 3.63) is 28.0 Å². The summed E-state index contributed by atoms with van der Waals surface area (Å²) >= 11 is 0. The Hall–Kier alpha value is -1.32. The highest BCUT2D eigenvalue weighted by Gasteiger charge is 2.10. The van der Waals surface area contributed by atoms with Gasteiger partial charge in [-0.25, -0.2) is 0 Å². The summed E-state index contributed by atoms with van der Waals surface area (Å²) < 4.78 is 4.89. The van der Waals surface area contributed by atoms with E-state index in [-0.39, 0.29) is 5.88 Å². The summed E-state index contributed by atoms with van der Waals surface area (Å²) in [5.74, 6) is 0.507. The molecule has 4 nitrogen and oxygen atoms in total. The molecular weight excluding hydrogens is 146 g/mol. The molecule has 0 N–H and O–H groups in total. The van der Waals surface area contributed by atoms with Gasteiger partial charge in [0.25, 0.3) is 0 Å². The van der Waals surface area contributed by atoms with Crippen LogP contribution in [-0.2, 0) is 6.42 Å². The molecule has 0 aliphatic rings. The van der Waals surface area contributed by atoms with Crippen molar-refractivity contribution in [2.24, 2.45) is 0 Å². The van der Waals surface area contributed by atoms with E-state index < -0.39 is 4.92 Å². The fraction of sp³-hybridized carbons (Fsp3) is 0.429. The van der Waals surface area contributed by atoms with Crippen LogP contribution in [0.1, 0.15) is 19.1 Å². The Kier molecular flexibility index (Phi) is 2.25. The maximum absolute atomic E-state index is 10.1. The molecule has 0 fully saturated rings. The van der Waals surface area contributed by atoms with Crippen molar-refractivity contribution in [3.8, 4) is 0 Å². The summed E-state index contributed by atoms with van der Waals surface area (Å²) in [5, 5.41) is 10.1. The summed E-state index contributed by atoms with van der Waals surface area (Å²) in [4.78, 5) is 9.60. The maximum Gasteiger partial charge on any atom is 0.433 e. The van der Waals surface area contributed by atoms with Crippen LogP contribution in [-0.4, -0.2) is 4.92 Å². The monoisotopic (exact) mass is 155 g/mol. The van der Waals surface area contributed by atoms with Crippen molar-refractivity contribution in [2.75, 3.05) is 0 Å². The van der Waals surface area contributed by atoms with E-state index in [0.717, 1.165) is 12.8 Å². The number of aryl methyl sites for hydroxylation is 1. The van der Waals surface area contributed by atoms with Crippen LogP contribution >= 0.6 is 0 Å². The van der Waals surface area contributed by atoms with Crippen LogP contribution in [0.5, 0.6) is 0 Å². The molecule has 60 valence electrons. The van der Waals surface area contributed by atoms with Gasteiger partial charge in [-0.1, -0.05) is 6.92 Å². The third kappa shape index (κ3) is 1.80. The van der Waals surface area contributed by atoms with Gasteiger partial charge in [-0.3, -0.25) is 10.1 Å². The van der Waals surface area contributed by atoms with E-state index in [1.54, 1.807) is 6.07 Å². The van der Waals surface area contributed by atoms with Crippen molar-refractivity contribution in [2.45, 2.75) is 19.8 Å². The minimum atomic E-state index is -0.529. The highest BCUT2D eigenvalue weighted by atomic mass is 16.6. The number of hydrogen-bond donors (Lipinski definition) is 0. The number of hydrogen-bond acceptors (Lipinski definition) is 3. The first kappa shape index (κ1) is 7.78. The highest BCUT2D eigenvalue weighted by Crippen LogP contribution is 2.16. The summed E-state index contributed by atoms with van der Waals surface area (Å²) in [5.41, 5.74) is 0. The molecule has 0 saturated heterocycles. The van der Waals surface area contributed by atoms with E-state index in [1.165, 1.54) is 6.07 Å². The molecule has 0 aliphatic carbocycles. The first-order valence-corrected chi connectivity index (χ1v) is 3.47. The number of nitrogens with zero attached hydrogens (tertiary/aromatic N) is 1. The normalized spacial score (nSPS) is 9.91. The van der Waals surface area contributed by atoms with E-state index in [2.05, 4.69) is 0 Å². The van der Waals surface area contributed by atoms with Crippen LogP contribution in [0, 0.1) is 10.1 Å². The molecule has 4 heteroatoms. The number of nitro groups is 1. The molecule has 0 amide bonds. The summed E-state index contributed by atoms with van der Waals surface area (Å²) in [6, 6.07) is 3.02. The summed E-state index contributed by atoms with van der Waals surface area (Å²) in [6.07, 6.45) is 1.69. The lowest BCUT2D eigenvalue weighted by molar-refractivity contribution is -0.402. The van der Waals surface area contributed by atoms with Crippen LogP contribution in [0.2, 0.25) is 0 Å². The van der Waals surface area contributed by atoms with Gasteiger partial charge in [-0.05, 0) is 12.5 Å². The summed E-state index contributed by atoms with van der Waals surface area (Å²) in [6.45, 7) is 1.99. The van der Waals surface area contributed by atoms with E-state index in [9.17, 15) is 10.1 Å². The highest BCUT2D eigenvalue weighted by molar-refractivity contribution is 5.17. The van der Waals surface area contributed by atoms with Gasteiger partial charge in [-0.15, -0.1) is 0 Å². The first-order chi connectivity index (χ1) is 5.24. The molecule has 0 aromatic carbocycles. The SMILES string of the molecule is CCCc1ccc([N+](=O)[O-])o1. The van der Waals surface area contributed by atoms with Crippen LogP contribution in [0.15, 0.2) is 16.5 Å². The molecule has 0 radical (unpaired) electrons. The van der Waals surface area contributed by atoms with Gasteiger partial charge in [-0.2, -0.15) is 0 Å². The summed E-state index contributed by atoms with van der Waals surface area (Å²) in [7, 11) is 0. The molecule has 1 aromatic rings. The lowest BCUT2D eigenvalue weighted by Crippen LogP contribution is -1.83. The van der Waals surface area contributed by atoms with Crippen LogP contribution in [0.3, 0.4) is 0 Å². The van der Waals surface area contributed by atoms with Gasteiger partial charge in [0.2, 0.25) is 0 Å². The van der Waals surface area contributed by atoms with Crippen molar-refractivity contribution < 1.29 is 9.34 Å². The number of furan rings is 1. The molecule has 0 atom stereocenters. The Morgan fingerprint density at radius 2 is 2.36 bits per heavy atom. The minimum Gasteiger partial charge on any atom is -0.406 e. The molecule has 0 saturated carbocycles. The minimum absolute atomic E-state index is 0.173. The van der Waals surface area contributed by atoms with Gasteiger partial charge in [0.15, 0.2) is 0 Å². The average molecular weight is 155 g/mol. The smallest absolute Gasteiger partial charge is 0.406 e. The molecule has 0 aliphatic heterocycles. The van der Waals surface area contributed by atoms with Crippen LogP contribution in [0.4, 0.5) is 5.88 Å². The maximum atomic E-state index is 10.1. The third-order valence-corrected chi connectivity index (χ3v) is 1.32. The number of rotatable bonds is 3. The third-order valence-electron chi connectivity index (χ3n) is 1.32. The molecule has 11 heavy (non-hydrogen) atoms. The second-order valence-corrected chi connectivity index (χ2v) is 2.25. The molecule has 0 unspecified atom stereocenters. The quantitative estimate of drug-likeness (QED) is 0.496. The van der Waals surface area contributed by atoms with Crippen LogP contribution < -0.4 is 0 Å². The fourth-order valence-electron chi connectivity index (χ4n) is 0.845. The largest absolute Gasteiger partial charge is 0.433 e. The van der Waals surface area contributed by atoms with E-state index in [1.807, 2.05) is 6.92 Å². The zero-order valence-electron chi connectivity index (χ0n) is 6.24. The molecule has 0 spiro atoms. The zero-order valence-corrected chi connectivity index (χ0v) is 6.24. The Bertz CT molecular complexity index is 254. The molecule has 1 heterocycles. The van der Waals surface area contributed by atoms with Crippen molar-refractivity contribution in [1.29, 1.82) is 0 Å². The average Bonchev–Trinajstić information content (AvgIpc) is 2.37. The van der Waals surface area contributed by atoms with Crippen molar-refractivity contribution in [1.82, 2.24) is 0 Å². The first-order valence-electron chi connectivity index (χ1n) is 3.47. The molecular formula is C7H9NO3.